The lowest BCUT2D eigenvalue weighted by Crippen LogP contribution is -2.28. The molecule has 1 aromatic heterocycles. The number of aromatic nitrogens is 1. The zero-order chi connectivity index (χ0) is 20.4. The van der Waals surface area contributed by atoms with E-state index in [0.29, 0.717) is 16.8 Å². The molecule has 7 nitrogen and oxygen atoms in total. The van der Waals surface area contributed by atoms with Gasteiger partial charge in [-0.25, -0.2) is 0 Å². The molecule has 0 radical (unpaired) electrons. The van der Waals surface area contributed by atoms with Crippen LogP contribution in [0.2, 0.25) is 0 Å². The van der Waals surface area contributed by atoms with Crippen molar-refractivity contribution in [2.75, 3.05) is 0 Å². The average molecular weight is 404 g/mol. The number of para-hydroxylation sites is 1. The Kier molecular flexibility index (Phi) is 4.74. The lowest BCUT2D eigenvalue weighted by Gasteiger charge is -2.24. The van der Waals surface area contributed by atoms with Gasteiger partial charge in [0, 0.05) is 29.9 Å². The van der Waals surface area contributed by atoms with Crippen LogP contribution in [0.4, 0.5) is 0 Å². The molecule has 2 aromatic carbocycles. The van der Waals surface area contributed by atoms with E-state index in [4.69, 9.17) is 0 Å². The zero-order valence-corrected chi connectivity index (χ0v) is 16.0. The van der Waals surface area contributed by atoms with Gasteiger partial charge in [-0.05, 0) is 24.3 Å². The molecule has 144 valence electrons. The molecule has 0 spiro atoms. The van der Waals surface area contributed by atoms with Crippen LogP contribution in [0.5, 0.6) is 5.75 Å². The maximum absolute atomic E-state index is 13.5. The number of nitriles is 1. The standard InChI is InChI=1S/C21H16N4O3S/c22-13-15-6-1-4-10-21(15)29(27,28)25-19(17-8-2-3-9-20(17)26)12-18(24-25)16-7-5-11-23-14-16/h1-11,14,19,26H,12H2. The minimum Gasteiger partial charge on any atom is -0.508 e. The first kappa shape index (κ1) is 18.7. The number of phenolic OH excluding ortho intramolecular Hbond substituents is 1. The fourth-order valence-electron chi connectivity index (χ4n) is 3.30. The number of sulfonamides is 1. The van der Waals surface area contributed by atoms with Crippen molar-refractivity contribution in [3.63, 3.8) is 0 Å². The van der Waals surface area contributed by atoms with Crippen molar-refractivity contribution in [3.05, 3.63) is 89.7 Å². The lowest BCUT2D eigenvalue weighted by molar-refractivity contribution is 0.358. The van der Waals surface area contributed by atoms with E-state index in [1.807, 2.05) is 6.07 Å². The molecule has 0 fully saturated rings. The molecule has 1 aliphatic heterocycles. The van der Waals surface area contributed by atoms with Gasteiger partial charge >= 0.3 is 0 Å². The summed E-state index contributed by atoms with van der Waals surface area (Å²) in [5.41, 5.74) is 1.70. The largest absolute Gasteiger partial charge is 0.508 e. The number of aromatic hydroxyl groups is 1. The second kappa shape index (κ2) is 7.37. The molecule has 1 unspecified atom stereocenters. The van der Waals surface area contributed by atoms with Crippen molar-refractivity contribution in [2.45, 2.75) is 17.4 Å². The summed E-state index contributed by atoms with van der Waals surface area (Å²) in [7, 11) is -4.14. The molecule has 0 amide bonds. The monoisotopic (exact) mass is 404 g/mol. The Hall–Kier alpha value is -3.70. The van der Waals surface area contributed by atoms with Crippen molar-refractivity contribution in [1.29, 1.82) is 5.26 Å². The maximum Gasteiger partial charge on any atom is 0.280 e. The van der Waals surface area contributed by atoms with Gasteiger partial charge in [-0.15, -0.1) is 0 Å². The van der Waals surface area contributed by atoms with E-state index < -0.39 is 16.1 Å². The fraction of sp³-hybridized carbons (Fsp3) is 0.0952. The van der Waals surface area contributed by atoms with E-state index in [1.165, 1.54) is 18.2 Å². The van der Waals surface area contributed by atoms with Crippen LogP contribution in [0.25, 0.3) is 0 Å². The van der Waals surface area contributed by atoms with Crippen LogP contribution in [-0.4, -0.2) is 28.6 Å². The molecule has 1 aliphatic rings. The van der Waals surface area contributed by atoms with E-state index in [-0.39, 0.29) is 22.6 Å². The van der Waals surface area contributed by atoms with Crippen molar-refractivity contribution in [2.24, 2.45) is 5.10 Å². The minimum atomic E-state index is -4.14. The Morgan fingerprint density at radius 1 is 1.07 bits per heavy atom. The van der Waals surface area contributed by atoms with Crippen LogP contribution in [-0.2, 0) is 10.0 Å². The number of nitrogens with zero attached hydrogens (tertiary/aromatic N) is 4. The summed E-state index contributed by atoms with van der Waals surface area (Å²) >= 11 is 0. The van der Waals surface area contributed by atoms with E-state index in [2.05, 4.69) is 10.1 Å². The summed E-state index contributed by atoms with van der Waals surface area (Å²) in [5, 5.41) is 24.1. The number of hydrogen-bond acceptors (Lipinski definition) is 6. The summed E-state index contributed by atoms with van der Waals surface area (Å²) in [6.07, 6.45) is 3.49. The van der Waals surface area contributed by atoms with Gasteiger partial charge in [-0.2, -0.15) is 23.2 Å². The van der Waals surface area contributed by atoms with Gasteiger partial charge < -0.3 is 5.11 Å². The van der Waals surface area contributed by atoms with Crippen LogP contribution in [0, 0.1) is 11.3 Å². The topological polar surface area (TPSA) is 107 Å². The molecule has 0 saturated carbocycles. The third kappa shape index (κ3) is 3.32. The van der Waals surface area contributed by atoms with E-state index in [1.54, 1.807) is 54.9 Å². The summed E-state index contributed by atoms with van der Waals surface area (Å²) in [6, 6.07) is 17.3. The van der Waals surface area contributed by atoms with E-state index in [9.17, 15) is 18.8 Å². The molecule has 1 N–H and O–H groups in total. The SMILES string of the molecule is N#Cc1ccccc1S(=O)(=O)N1N=C(c2cccnc2)CC1c1ccccc1O. The molecule has 0 saturated heterocycles. The van der Waals surface area contributed by atoms with Crippen LogP contribution in [0.1, 0.15) is 29.2 Å². The summed E-state index contributed by atoms with van der Waals surface area (Å²) in [4.78, 5) is 3.95. The first-order valence-corrected chi connectivity index (χ1v) is 10.3. The number of pyridine rings is 1. The average Bonchev–Trinajstić information content (AvgIpc) is 3.21. The van der Waals surface area contributed by atoms with Crippen molar-refractivity contribution < 1.29 is 13.5 Å². The molecular weight excluding hydrogens is 388 g/mol. The van der Waals surface area contributed by atoms with Crippen molar-refractivity contribution in [3.8, 4) is 11.8 Å². The molecule has 2 heterocycles. The molecule has 8 heteroatoms. The second-order valence-corrected chi connectivity index (χ2v) is 8.22. The van der Waals surface area contributed by atoms with Crippen LogP contribution < -0.4 is 0 Å². The number of hydrazone groups is 1. The summed E-state index contributed by atoms with van der Waals surface area (Å²) in [6.45, 7) is 0. The maximum atomic E-state index is 13.5. The molecular formula is C21H16N4O3S. The highest BCUT2D eigenvalue weighted by molar-refractivity contribution is 7.89. The van der Waals surface area contributed by atoms with Gasteiger partial charge in [-0.3, -0.25) is 4.98 Å². The summed E-state index contributed by atoms with van der Waals surface area (Å²) in [5.74, 6) is -0.0195. The van der Waals surface area contributed by atoms with Gasteiger partial charge in [0.25, 0.3) is 10.0 Å². The number of rotatable bonds is 4. The molecule has 3 aromatic rings. The molecule has 0 aliphatic carbocycles. The van der Waals surface area contributed by atoms with Gasteiger partial charge in [-0.1, -0.05) is 36.4 Å². The highest BCUT2D eigenvalue weighted by Gasteiger charge is 2.39. The highest BCUT2D eigenvalue weighted by atomic mass is 32.2. The Bertz CT molecular complexity index is 1230. The number of hydrogen-bond donors (Lipinski definition) is 1. The number of benzene rings is 2. The zero-order valence-electron chi connectivity index (χ0n) is 15.2. The highest BCUT2D eigenvalue weighted by Crippen LogP contribution is 2.40. The van der Waals surface area contributed by atoms with Crippen molar-refractivity contribution in [1.82, 2.24) is 9.40 Å². The fourth-order valence-corrected chi connectivity index (χ4v) is 4.88. The normalized spacial score (nSPS) is 16.3. The lowest BCUT2D eigenvalue weighted by atomic mass is 9.99. The van der Waals surface area contributed by atoms with Crippen LogP contribution in [0.3, 0.4) is 0 Å². The predicted molar refractivity (Wildman–Crippen MR) is 106 cm³/mol. The van der Waals surface area contributed by atoms with Crippen LogP contribution >= 0.6 is 0 Å². The Morgan fingerprint density at radius 3 is 2.55 bits per heavy atom. The minimum absolute atomic E-state index is 0.0195. The Labute approximate surface area is 168 Å². The van der Waals surface area contributed by atoms with Gasteiger partial charge in [0.15, 0.2) is 0 Å². The third-order valence-corrected chi connectivity index (χ3v) is 6.44. The molecule has 1 atom stereocenters. The molecule has 4 rings (SSSR count). The summed E-state index contributed by atoms with van der Waals surface area (Å²) < 4.78 is 27.9. The first-order chi connectivity index (χ1) is 14.0. The van der Waals surface area contributed by atoms with Crippen molar-refractivity contribution >= 4 is 15.7 Å². The van der Waals surface area contributed by atoms with E-state index >= 15 is 0 Å². The van der Waals surface area contributed by atoms with Crippen LogP contribution in [0.15, 0.2) is 83.1 Å². The predicted octanol–water partition coefficient (Wildman–Crippen LogP) is 3.20. The molecule has 29 heavy (non-hydrogen) atoms. The third-order valence-electron chi connectivity index (χ3n) is 4.69. The molecule has 0 bridgehead atoms. The Morgan fingerprint density at radius 2 is 1.83 bits per heavy atom. The number of phenols is 1. The van der Waals surface area contributed by atoms with Gasteiger partial charge in [0.2, 0.25) is 0 Å². The van der Waals surface area contributed by atoms with Gasteiger partial charge in [0.05, 0.1) is 17.3 Å². The second-order valence-electron chi connectivity index (χ2n) is 6.45. The van der Waals surface area contributed by atoms with Gasteiger partial charge in [0.1, 0.15) is 16.7 Å². The Balaban J connectivity index is 1.87. The quantitative estimate of drug-likeness (QED) is 0.719. The van der Waals surface area contributed by atoms with E-state index in [0.717, 1.165) is 4.41 Å². The first-order valence-electron chi connectivity index (χ1n) is 8.81. The smallest absolute Gasteiger partial charge is 0.280 e.